The van der Waals surface area contributed by atoms with E-state index in [1.807, 2.05) is 30.3 Å². The lowest BCUT2D eigenvalue weighted by atomic mass is 9.88. The largest absolute Gasteiger partial charge is 0.435 e. The first kappa shape index (κ1) is 18.0. The fourth-order valence-electron chi connectivity index (χ4n) is 4.62. The Labute approximate surface area is 157 Å². The molecule has 1 N–H and O–H groups in total. The van der Waals surface area contributed by atoms with Crippen LogP contribution in [-0.2, 0) is 11.2 Å². The summed E-state index contributed by atoms with van der Waals surface area (Å²) in [7, 11) is 0. The van der Waals surface area contributed by atoms with Crippen LogP contribution < -0.4 is 10.1 Å². The number of nitrogens with one attached hydrogen (secondary N) is 1. The second-order valence-corrected chi connectivity index (χ2v) is 7.63. The fraction of sp³-hybridized carbons (Fsp3) is 0.409. The van der Waals surface area contributed by atoms with Crippen molar-refractivity contribution in [3.63, 3.8) is 0 Å². The lowest BCUT2D eigenvalue weighted by Gasteiger charge is -2.21. The van der Waals surface area contributed by atoms with Crippen LogP contribution in [0.4, 0.5) is 14.5 Å². The lowest BCUT2D eigenvalue weighted by molar-refractivity contribution is -0.121. The molecule has 2 bridgehead atoms. The molecule has 2 fully saturated rings. The molecule has 0 saturated heterocycles. The maximum absolute atomic E-state index is 12.7. The van der Waals surface area contributed by atoms with Crippen molar-refractivity contribution in [2.45, 2.75) is 38.7 Å². The van der Waals surface area contributed by atoms with Crippen molar-refractivity contribution in [3.8, 4) is 5.75 Å². The predicted octanol–water partition coefficient (Wildman–Crippen LogP) is 5.25. The number of ether oxygens (including phenoxy) is 1. The Bertz CT molecular complexity index is 809. The molecule has 2 aromatic carbocycles. The molecule has 2 aliphatic rings. The van der Waals surface area contributed by atoms with Gasteiger partial charge in [0.25, 0.3) is 0 Å². The maximum Gasteiger partial charge on any atom is 0.387 e. The van der Waals surface area contributed by atoms with Crippen molar-refractivity contribution >= 4 is 11.6 Å². The van der Waals surface area contributed by atoms with E-state index in [4.69, 9.17) is 0 Å². The highest BCUT2D eigenvalue weighted by Crippen LogP contribution is 2.48. The molecule has 3 nitrogen and oxygen atoms in total. The van der Waals surface area contributed by atoms with Crippen LogP contribution in [-0.4, -0.2) is 12.5 Å². The third-order valence-electron chi connectivity index (χ3n) is 5.86. The zero-order chi connectivity index (χ0) is 18.8. The van der Waals surface area contributed by atoms with Crippen LogP contribution in [0.25, 0.3) is 0 Å². The number of carbonyl (C=O) groups excluding carboxylic acids is 1. The summed E-state index contributed by atoms with van der Waals surface area (Å²) in [6.07, 6.45) is 4.98. The molecule has 27 heavy (non-hydrogen) atoms. The van der Waals surface area contributed by atoms with Crippen molar-refractivity contribution in [1.82, 2.24) is 0 Å². The van der Waals surface area contributed by atoms with Gasteiger partial charge in [-0.2, -0.15) is 8.78 Å². The Morgan fingerprint density at radius 2 is 1.93 bits per heavy atom. The Balaban J connectivity index is 1.52. The quantitative estimate of drug-likeness (QED) is 0.753. The summed E-state index contributed by atoms with van der Waals surface area (Å²) in [5, 5.41) is 2.99. The summed E-state index contributed by atoms with van der Waals surface area (Å²) in [5.74, 6) is 1.47. The number of amides is 1. The normalized spacial score (nSPS) is 23.6. The van der Waals surface area contributed by atoms with Gasteiger partial charge in [-0.25, -0.2) is 0 Å². The van der Waals surface area contributed by atoms with Crippen LogP contribution >= 0.6 is 0 Å². The Kier molecular flexibility index (Phi) is 5.10. The smallest absolute Gasteiger partial charge is 0.387 e. The van der Waals surface area contributed by atoms with Crippen LogP contribution in [0.2, 0.25) is 0 Å². The minimum Gasteiger partial charge on any atom is -0.435 e. The van der Waals surface area contributed by atoms with Gasteiger partial charge in [-0.15, -0.1) is 0 Å². The Morgan fingerprint density at radius 3 is 2.59 bits per heavy atom. The topological polar surface area (TPSA) is 38.3 Å². The number of hydrogen-bond donors (Lipinski definition) is 1. The van der Waals surface area contributed by atoms with E-state index in [1.165, 1.54) is 18.9 Å². The van der Waals surface area contributed by atoms with Crippen molar-refractivity contribution in [3.05, 3.63) is 59.7 Å². The summed E-state index contributed by atoms with van der Waals surface area (Å²) in [4.78, 5) is 12.7. The molecule has 5 heteroatoms. The van der Waals surface area contributed by atoms with E-state index >= 15 is 0 Å². The van der Waals surface area contributed by atoms with Gasteiger partial charge in [0.05, 0.1) is 0 Å². The highest BCUT2D eigenvalue weighted by Gasteiger charge is 2.43. The number of carbonyl (C=O) groups is 1. The van der Waals surface area contributed by atoms with Crippen molar-refractivity contribution in [2.75, 3.05) is 5.32 Å². The number of anilines is 1. The maximum atomic E-state index is 12.7. The van der Waals surface area contributed by atoms with Gasteiger partial charge in [0.1, 0.15) is 5.75 Å². The Morgan fingerprint density at radius 1 is 1.11 bits per heavy atom. The van der Waals surface area contributed by atoms with Crippen LogP contribution in [0.1, 0.15) is 36.8 Å². The molecule has 3 atom stereocenters. The number of benzene rings is 2. The SMILES string of the molecule is O=C(Nc1ccc(OC(F)F)c(Cc2ccccc2)c1)C1CC2CCC1C2. The summed E-state index contributed by atoms with van der Waals surface area (Å²) in [6, 6.07) is 14.5. The number of fused-ring (bicyclic) bond motifs is 2. The summed E-state index contributed by atoms with van der Waals surface area (Å²) >= 11 is 0. The number of hydrogen-bond acceptors (Lipinski definition) is 2. The van der Waals surface area contributed by atoms with Crippen LogP contribution in [0, 0.1) is 17.8 Å². The zero-order valence-electron chi connectivity index (χ0n) is 15.0. The van der Waals surface area contributed by atoms with Crippen molar-refractivity contribution in [2.24, 2.45) is 17.8 Å². The average Bonchev–Trinajstić information content (AvgIpc) is 3.28. The molecule has 0 heterocycles. The van der Waals surface area contributed by atoms with Gasteiger partial charge in [0.15, 0.2) is 0 Å². The number of halogens is 2. The number of alkyl halides is 2. The fourth-order valence-corrected chi connectivity index (χ4v) is 4.62. The molecule has 142 valence electrons. The molecule has 0 spiro atoms. The minimum absolute atomic E-state index is 0.0513. The molecule has 2 aliphatic carbocycles. The van der Waals surface area contributed by atoms with E-state index in [-0.39, 0.29) is 17.6 Å². The van der Waals surface area contributed by atoms with Gasteiger partial charge >= 0.3 is 6.61 Å². The molecule has 2 aromatic rings. The second-order valence-electron chi connectivity index (χ2n) is 7.63. The van der Waals surface area contributed by atoms with Gasteiger partial charge in [-0.3, -0.25) is 4.79 Å². The first-order valence-corrected chi connectivity index (χ1v) is 9.51. The van der Waals surface area contributed by atoms with Gasteiger partial charge < -0.3 is 10.1 Å². The lowest BCUT2D eigenvalue weighted by Crippen LogP contribution is -2.27. The van der Waals surface area contributed by atoms with Gasteiger partial charge in [0.2, 0.25) is 5.91 Å². The third kappa shape index (κ3) is 4.12. The Hall–Kier alpha value is -2.43. The molecule has 1 amide bonds. The third-order valence-corrected chi connectivity index (χ3v) is 5.86. The monoisotopic (exact) mass is 371 g/mol. The molecule has 0 radical (unpaired) electrons. The van der Waals surface area contributed by atoms with E-state index in [1.54, 1.807) is 12.1 Å². The standard InChI is InChI=1S/C22H23F2NO2/c23-22(24)27-20-9-8-18(13-17(20)10-14-4-2-1-3-5-14)25-21(26)19-12-15-6-7-16(19)11-15/h1-5,8-9,13,15-16,19,22H,6-7,10-12H2,(H,25,26). The van der Waals surface area contributed by atoms with E-state index in [0.29, 0.717) is 29.5 Å². The van der Waals surface area contributed by atoms with Crippen LogP contribution in [0.5, 0.6) is 5.75 Å². The predicted molar refractivity (Wildman–Crippen MR) is 99.9 cm³/mol. The van der Waals surface area contributed by atoms with Gasteiger partial charge in [-0.05, 0) is 54.9 Å². The highest BCUT2D eigenvalue weighted by atomic mass is 19.3. The summed E-state index contributed by atoms with van der Waals surface area (Å²) in [5.41, 5.74) is 2.26. The van der Waals surface area contributed by atoms with Gasteiger partial charge in [-0.1, -0.05) is 36.8 Å². The molecular formula is C22H23F2NO2. The first-order valence-electron chi connectivity index (χ1n) is 9.51. The molecular weight excluding hydrogens is 348 g/mol. The van der Waals surface area contributed by atoms with Crippen molar-refractivity contribution < 1.29 is 18.3 Å². The van der Waals surface area contributed by atoms with E-state index < -0.39 is 6.61 Å². The summed E-state index contributed by atoms with van der Waals surface area (Å²) < 4.78 is 30.2. The molecule has 4 rings (SSSR count). The van der Waals surface area contributed by atoms with E-state index in [9.17, 15) is 13.6 Å². The molecule has 0 aromatic heterocycles. The average molecular weight is 371 g/mol. The number of rotatable bonds is 6. The van der Waals surface area contributed by atoms with E-state index in [0.717, 1.165) is 18.4 Å². The first-order chi connectivity index (χ1) is 13.1. The summed E-state index contributed by atoms with van der Waals surface area (Å²) in [6.45, 7) is -2.88. The highest BCUT2D eigenvalue weighted by molar-refractivity contribution is 5.93. The molecule has 0 aliphatic heterocycles. The second kappa shape index (κ2) is 7.67. The zero-order valence-corrected chi connectivity index (χ0v) is 15.0. The van der Waals surface area contributed by atoms with Crippen LogP contribution in [0.3, 0.4) is 0 Å². The molecule has 2 saturated carbocycles. The van der Waals surface area contributed by atoms with Crippen molar-refractivity contribution in [1.29, 1.82) is 0 Å². The van der Waals surface area contributed by atoms with Crippen LogP contribution in [0.15, 0.2) is 48.5 Å². The minimum atomic E-state index is -2.88. The van der Waals surface area contributed by atoms with Gasteiger partial charge in [0, 0.05) is 23.6 Å². The van der Waals surface area contributed by atoms with E-state index in [2.05, 4.69) is 10.1 Å². The molecule has 3 unspecified atom stereocenters.